The zero-order valence-electron chi connectivity index (χ0n) is 13.7. The molecule has 0 saturated heterocycles. The van der Waals surface area contributed by atoms with E-state index in [1.54, 1.807) is 0 Å². The minimum absolute atomic E-state index is 0.109. The highest BCUT2D eigenvalue weighted by Gasteiger charge is 2.48. The number of hydrogen-bond donors (Lipinski definition) is 1. The van der Waals surface area contributed by atoms with E-state index in [9.17, 15) is 4.79 Å². The number of esters is 1. The van der Waals surface area contributed by atoms with E-state index in [-0.39, 0.29) is 5.97 Å². The third-order valence-corrected chi connectivity index (χ3v) is 5.44. The summed E-state index contributed by atoms with van der Waals surface area (Å²) < 4.78 is 11.1. The van der Waals surface area contributed by atoms with Gasteiger partial charge in [0, 0.05) is 6.61 Å². The van der Waals surface area contributed by atoms with E-state index in [0.717, 1.165) is 32.3 Å². The van der Waals surface area contributed by atoms with Crippen molar-refractivity contribution in [2.24, 2.45) is 5.92 Å². The van der Waals surface area contributed by atoms with Crippen LogP contribution in [0.1, 0.15) is 64.2 Å². The highest BCUT2D eigenvalue weighted by Crippen LogP contribution is 2.38. The van der Waals surface area contributed by atoms with Crippen LogP contribution in [-0.4, -0.2) is 38.4 Å². The molecule has 0 aromatic rings. The first kappa shape index (κ1) is 16.8. The molecule has 2 fully saturated rings. The van der Waals surface area contributed by atoms with Crippen LogP contribution < -0.4 is 5.32 Å². The molecule has 0 bridgehead atoms. The second-order valence-corrected chi connectivity index (χ2v) is 6.58. The minimum Gasteiger partial charge on any atom is -0.468 e. The summed E-state index contributed by atoms with van der Waals surface area (Å²) in [4.78, 5) is 12.2. The van der Waals surface area contributed by atoms with Crippen LogP contribution in [0, 0.1) is 5.92 Å². The van der Waals surface area contributed by atoms with Gasteiger partial charge in [0.25, 0.3) is 0 Å². The van der Waals surface area contributed by atoms with E-state index in [1.165, 1.54) is 45.6 Å². The molecule has 2 unspecified atom stereocenters. The van der Waals surface area contributed by atoms with Crippen LogP contribution in [0.3, 0.4) is 0 Å². The Morgan fingerprint density at radius 2 is 1.86 bits per heavy atom. The molecular weight excluding hydrogens is 266 g/mol. The maximum Gasteiger partial charge on any atom is 0.326 e. The van der Waals surface area contributed by atoms with Gasteiger partial charge in [0.15, 0.2) is 0 Å². The van der Waals surface area contributed by atoms with Gasteiger partial charge in [-0.15, -0.1) is 0 Å². The lowest BCUT2D eigenvalue weighted by Crippen LogP contribution is -2.54. The van der Waals surface area contributed by atoms with Crippen LogP contribution in [0.15, 0.2) is 0 Å². The topological polar surface area (TPSA) is 47.6 Å². The predicted molar refractivity (Wildman–Crippen MR) is 83.2 cm³/mol. The Morgan fingerprint density at radius 3 is 2.48 bits per heavy atom. The first-order chi connectivity index (χ1) is 10.2. The summed E-state index contributed by atoms with van der Waals surface area (Å²) in [5, 5.41) is 3.25. The van der Waals surface area contributed by atoms with Crippen LogP contribution in [0.5, 0.6) is 0 Å². The molecule has 2 rings (SSSR count). The third kappa shape index (κ3) is 3.98. The SMILES string of the molecule is CNC1(C(=O)OC)CCCC1CCOC1CCCCCC1. The van der Waals surface area contributed by atoms with Gasteiger partial charge >= 0.3 is 5.97 Å². The van der Waals surface area contributed by atoms with E-state index in [4.69, 9.17) is 9.47 Å². The third-order valence-electron chi connectivity index (χ3n) is 5.44. The van der Waals surface area contributed by atoms with Gasteiger partial charge in [-0.25, -0.2) is 0 Å². The zero-order chi connectivity index (χ0) is 15.1. The molecule has 0 spiro atoms. The molecule has 0 radical (unpaired) electrons. The minimum atomic E-state index is -0.485. The molecule has 21 heavy (non-hydrogen) atoms. The van der Waals surface area contributed by atoms with Crippen molar-refractivity contribution in [1.82, 2.24) is 5.32 Å². The lowest BCUT2D eigenvalue weighted by atomic mass is 9.85. The second-order valence-electron chi connectivity index (χ2n) is 6.58. The first-order valence-corrected chi connectivity index (χ1v) is 8.62. The maximum absolute atomic E-state index is 12.2. The molecule has 0 heterocycles. The maximum atomic E-state index is 12.2. The second kappa shape index (κ2) is 8.14. The fraction of sp³-hybridized carbons (Fsp3) is 0.941. The van der Waals surface area contributed by atoms with Gasteiger partial charge in [-0.2, -0.15) is 0 Å². The molecule has 2 aliphatic rings. The van der Waals surface area contributed by atoms with Crippen molar-refractivity contribution >= 4 is 5.97 Å². The van der Waals surface area contributed by atoms with Gasteiger partial charge in [0.05, 0.1) is 13.2 Å². The zero-order valence-corrected chi connectivity index (χ0v) is 13.7. The molecule has 122 valence electrons. The quantitative estimate of drug-likeness (QED) is 0.604. The molecular formula is C17H31NO3. The van der Waals surface area contributed by atoms with Gasteiger partial charge in [-0.1, -0.05) is 32.1 Å². The molecule has 0 aromatic carbocycles. The van der Waals surface area contributed by atoms with Crippen molar-refractivity contribution in [2.75, 3.05) is 20.8 Å². The smallest absolute Gasteiger partial charge is 0.326 e. The van der Waals surface area contributed by atoms with Gasteiger partial charge in [-0.05, 0) is 45.1 Å². The van der Waals surface area contributed by atoms with Crippen molar-refractivity contribution in [3.8, 4) is 0 Å². The standard InChI is InChI=1S/C17H31NO3/c1-18-17(16(19)20-2)12-7-8-14(17)11-13-21-15-9-5-3-4-6-10-15/h14-15,18H,3-13H2,1-2H3. The van der Waals surface area contributed by atoms with Gasteiger partial charge < -0.3 is 14.8 Å². The van der Waals surface area contributed by atoms with Crippen molar-refractivity contribution in [2.45, 2.75) is 75.9 Å². The summed E-state index contributed by atoms with van der Waals surface area (Å²) in [7, 11) is 3.36. The van der Waals surface area contributed by atoms with E-state index in [0.29, 0.717) is 12.0 Å². The fourth-order valence-corrected chi connectivity index (χ4v) is 4.14. The molecule has 1 N–H and O–H groups in total. The Labute approximate surface area is 129 Å². The lowest BCUT2D eigenvalue weighted by Gasteiger charge is -2.32. The Kier molecular flexibility index (Phi) is 6.49. The molecule has 2 saturated carbocycles. The van der Waals surface area contributed by atoms with Crippen LogP contribution in [0.25, 0.3) is 0 Å². The Balaban J connectivity index is 1.82. The number of rotatable bonds is 6. The first-order valence-electron chi connectivity index (χ1n) is 8.62. The summed E-state index contributed by atoms with van der Waals surface area (Å²) >= 11 is 0. The molecule has 0 aromatic heterocycles. The van der Waals surface area contributed by atoms with E-state index in [2.05, 4.69) is 5.32 Å². The number of ether oxygens (including phenoxy) is 2. The molecule has 4 heteroatoms. The predicted octanol–water partition coefficient (Wildman–Crippen LogP) is 3.05. The summed E-state index contributed by atoms with van der Waals surface area (Å²) in [6, 6.07) is 0. The van der Waals surface area contributed by atoms with Gasteiger partial charge in [0.2, 0.25) is 0 Å². The number of methoxy groups -OCH3 is 1. The number of carbonyl (C=O) groups excluding carboxylic acids is 1. The Bertz CT molecular complexity index is 326. The van der Waals surface area contributed by atoms with E-state index in [1.807, 2.05) is 7.05 Å². The summed E-state index contributed by atoms with van der Waals surface area (Å²) in [5.41, 5.74) is -0.485. The highest BCUT2D eigenvalue weighted by molar-refractivity contribution is 5.81. The fourth-order valence-electron chi connectivity index (χ4n) is 4.14. The Hall–Kier alpha value is -0.610. The number of hydrogen-bond acceptors (Lipinski definition) is 4. The Morgan fingerprint density at radius 1 is 1.14 bits per heavy atom. The van der Waals surface area contributed by atoms with Crippen molar-refractivity contribution in [1.29, 1.82) is 0 Å². The van der Waals surface area contributed by atoms with Crippen LogP contribution in [-0.2, 0) is 14.3 Å². The number of nitrogens with one attached hydrogen (secondary N) is 1. The molecule has 0 amide bonds. The normalized spacial score (nSPS) is 31.0. The number of likely N-dealkylation sites (N-methyl/N-ethyl adjacent to an activating group) is 1. The van der Waals surface area contributed by atoms with Gasteiger partial charge in [-0.3, -0.25) is 4.79 Å². The largest absolute Gasteiger partial charge is 0.468 e. The molecule has 2 aliphatic carbocycles. The van der Waals surface area contributed by atoms with Crippen LogP contribution in [0.4, 0.5) is 0 Å². The lowest BCUT2D eigenvalue weighted by molar-refractivity contribution is -0.150. The van der Waals surface area contributed by atoms with Crippen LogP contribution >= 0.6 is 0 Å². The average molecular weight is 297 g/mol. The molecule has 0 aliphatic heterocycles. The van der Waals surface area contributed by atoms with E-state index < -0.39 is 5.54 Å². The molecule has 4 nitrogen and oxygen atoms in total. The average Bonchev–Trinajstić information content (AvgIpc) is 2.75. The molecule has 2 atom stereocenters. The van der Waals surface area contributed by atoms with Crippen molar-refractivity contribution < 1.29 is 14.3 Å². The van der Waals surface area contributed by atoms with E-state index >= 15 is 0 Å². The number of carbonyl (C=O) groups is 1. The highest BCUT2D eigenvalue weighted by atomic mass is 16.5. The van der Waals surface area contributed by atoms with Crippen molar-refractivity contribution in [3.05, 3.63) is 0 Å². The summed E-state index contributed by atoms with van der Waals surface area (Å²) in [6.07, 6.45) is 12.2. The summed E-state index contributed by atoms with van der Waals surface area (Å²) in [5.74, 6) is 0.225. The summed E-state index contributed by atoms with van der Waals surface area (Å²) in [6.45, 7) is 0.774. The van der Waals surface area contributed by atoms with Crippen molar-refractivity contribution in [3.63, 3.8) is 0 Å². The van der Waals surface area contributed by atoms with Gasteiger partial charge in [0.1, 0.15) is 5.54 Å². The monoisotopic (exact) mass is 297 g/mol. The van der Waals surface area contributed by atoms with Crippen LogP contribution in [0.2, 0.25) is 0 Å².